The lowest BCUT2D eigenvalue weighted by atomic mass is 10.1. The molecular formula is C16H14BrClN2O. The van der Waals surface area contributed by atoms with Crippen LogP contribution in [0.5, 0.6) is 5.75 Å². The molecule has 3 nitrogen and oxygen atoms in total. The quantitative estimate of drug-likeness (QED) is 0.794. The van der Waals surface area contributed by atoms with E-state index in [-0.39, 0.29) is 12.6 Å². The van der Waals surface area contributed by atoms with E-state index in [4.69, 9.17) is 21.6 Å². The van der Waals surface area contributed by atoms with Gasteiger partial charge in [0.05, 0.1) is 10.7 Å². The lowest BCUT2D eigenvalue weighted by Crippen LogP contribution is -2.07. The molecule has 0 aliphatic rings. The molecule has 2 rings (SSSR count). The van der Waals surface area contributed by atoms with Gasteiger partial charge < -0.3 is 10.1 Å². The van der Waals surface area contributed by atoms with Crippen LogP contribution in [0.3, 0.4) is 0 Å². The highest BCUT2D eigenvalue weighted by molar-refractivity contribution is 9.10. The maximum atomic E-state index is 8.48. The SMILES string of the molecule is CC(Nc1ccc(Br)cc1Cl)c1ccc(OCC#N)cc1. The summed E-state index contributed by atoms with van der Waals surface area (Å²) in [6.07, 6.45) is 0. The molecule has 1 unspecified atom stereocenters. The Labute approximate surface area is 137 Å². The second-order valence-corrected chi connectivity index (χ2v) is 5.83. The van der Waals surface area contributed by atoms with Crippen molar-refractivity contribution in [3.8, 4) is 11.8 Å². The molecule has 0 aliphatic carbocycles. The van der Waals surface area contributed by atoms with Gasteiger partial charge in [0.25, 0.3) is 0 Å². The van der Waals surface area contributed by atoms with Gasteiger partial charge in [-0.15, -0.1) is 0 Å². The summed E-state index contributed by atoms with van der Waals surface area (Å²) in [6, 6.07) is 15.4. The minimum Gasteiger partial charge on any atom is -0.479 e. The van der Waals surface area contributed by atoms with Gasteiger partial charge in [0, 0.05) is 10.5 Å². The zero-order chi connectivity index (χ0) is 15.2. The highest BCUT2D eigenvalue weighted by atomic mass is 79.9. The molecule has 2 aromatic rings. The van der Waals surface area contributed by atoms with Crippen LogP contribution in [0.4, 0.5) is 5.69 Å². The zero-order valence-electron chi connectivity index (χ0n) is 11.4. The topological polar surface area (TPSA) is 45.0 Å². The van der Waals surface area contributed by atoms with Crippen LogP contribution in [0.1, 0.15) is 18.5 Å². The average molecular weight is 366 g/mol. The number of nitrogens with zero attached hydrogens (tertiary/aromatic N) is 1. The third kappa shape index (κ3) is 4.38. The molecule has 1 N–H and O–H groups in total. The number of ether oxygens (including phenoxy) is 1. The van der Waals surface area contributed by atoms with Crippen LogP contribution in [0.25, 0.3) is 0 Å². The van der Waals surface area contributed by atoms with Crippen molar-refractivity contribution in [3.05, 3.63) is 57.5 Å². The van der Waals surface area contributed by atoms with Gasteiger partial charge >= 0.3 is 0 Å². The number of benzene rings is 2. The van der Waals surface area contributed by atoms with Crippen LogP contribution in [-0.2, 0) is 0 Å². The maximum absolute atomic E-state index is 8.48. The molecule has 0 fully saturated rings. The predicted molar refractivity (Wildman–Crippen MR) is 88.7 cm³/mol. The Hall–Kier alpha value is -1.70. The number of rotatable bonds is 5. The van der Waals surface area contributed by atoms with Crippen LogP contribution in [0.15, 0.2) is 46.9 Å². The second-order valence-electron chi connectivity index (χ2n) is 4.51. The highest BCUT2D eigenvalue weighted by Gasteiger charge is 2.08. The number of halogens is 2. The van der Waals surface area contributed by atoms with Crippen molar-refractivity contribution in [3.63, 3.8) is 0 Å². The van der Waals surface area contributed by atoms with Crippen molar-refractivity contribution >= 4 is 33.2 Å². The Morgan fingerprint density at radius 2 is 2.00 bits per heavy atom. The molecule has 0 bridgehead atoms. The van der Waals surface area contributed by atoms with Gasteiger partial charge in [-0.2, -0.15) is 5.26 Å². The predicted octanol–water partition coefficient (Wildman–Crippen LogP) is 5.18. The fourth-order valence-corrected chi connectivity index (χ4v) is 2.62. The van der Waals surface area contributed by atoms with E-state index in [1.54, 1.807) is 0 Å². The first kappa shape index (κ1) is 15.7. The molecule has 0 saturated heterocycles. The fourth-order valence-electron chi connectivity index (χ4n) is 1.89. The van der Waals surface area contributed by atoms with Gasteiger partial charge in [-0.05, 0) is 42.8 Å². The molecule has 0 spiro atoms. The van der Waals surface area contributed by atoms with Crippen LogP contribution in [0.2, 0.25) is 5.02 Å². The van der Waals surface area contributed by atoms with Gasteiger partial charge in [-0.3, -0.25) is 0 Å². The summed E-state index contributed by atoms with van der Waals surface area (Å²) < 4.78 is 6.18. The molecule has 5 heteroatoms. The Kier molecular flexibility index (Phi) is 5.49. The molecule has 108 valence electrons. The van der Waals surface area contributed by atoms with Gasteiger partial charge in [-0.25, -0.2) is 0 Å². The largest absolute Gasteiger partial charge is 0.479 e. The van der Waals surface area contributed by atoms with E-state index in [0.717, 1.165) is 15.7 Å². The lowest BCUT2D eigenvalue weighted by molar-refractivity contribution is 0.368. The Bertz CT molecular complexity index is 652. The molecule has 1 atom stereocenters. The van der Waals surface area contributed by atoms with Crippen molar-refractivity contribution < 1.29 is 4.74 Å². The van der Waals surface area contributed by atoms with Crippen molar-refractivity contribution in [2.75, 3.05) is 11.9 Å². The molecule has 0 amide bonds. The number of nitriles is 1. The Balaban J connectivity index is 2.06. The summed E-state index contributed by atoms with van der Waals surface area (Å²) in [5, 5.41) is 12.5. The van der Waals surface area contributed by atoms with Gasteiger partial charge in [-0.1, -0.05) is 39.7 Å². The van der Waals surface area contributed by atoms with E-state index in [9.17, 15) is 0 Å². The minimum atomic E-state index is 0.0572. The summed E-state index contributed by atoms with van der Waals surface area (Å²) >= 11 is 9.59. The van der Waals surface area contributed by atoms with E-state index in [1.807, 2.05) is 48.5 Å². The highest BCUT2D eigenvalue weighted by Crippen LogP contribution is 2.29. The molecule has 2 aromatic carbocycles. The normalized spacial score (nSPS) is 11.5. The number of nitrogens with one attached hydrogen (secondary N) is 1. The molecular weight excluding hydrogens is 352 g/mol. The first-order chi connectivity index (χ1) is 10.1. The van der Waals surface area contributed by atoms with E-state index >= 15 is 0 Å². The molecule has 21 heavy (non-hydrogen) atoms. The van der Waals surface area contributed by atoms with Gasteiger partial charge in [0.1, 0.15) is 11.8 Å². The van der Waals surface area contributed by atoms with Gasteiger partial charge in [0.2, 0.25) is 0 Å². The molecule has 0 saturated carbocycles. The third-order valence-corrected chi connectivity index (χ3v) is 3.79. The molecule has 0 aromatic heterocycles. The smallest absolute Gasteiger partial charge is 0.174 e. The van der Waals surface area contributed by atoms with Crippen molar-refractivity contribution in [2.45, 2.75) is 13.0 Å². The lowest BCUT2D eigenvalue weighted by Gasteiger charge is -2.17. The van der Waals surface area contributed by atoms with E-state index in [1.165, 1.54) is 0 Å². The zero-order valence-corrected chi connectivity index (χ0v) is 13.8. The van der Waals surface area contributed by atoms with Crippen LogP contribution in [0, 0.1) is 11.3 Å². The van der Waals surface area contributed by atoms with E-state index < -0.39 is 0 Å². The summed E-state index contributed by atoms with van der Waals surface area (Å²) in [4.78, 5) is 0. The number of anilines is 1. The summed E-state index contributed by atoms with van der Waals surface area (Å²) in [5.41, 5.74) is 2.00. The summed E-state index contributed by atoms with van der Waals surface area (Å²) in [7, 11) is 0. The Morgan fingerprint density at radius 3 is 2.62 bits per heavy atom. The van der Waals surface area contributed by atoms with Gasteiger partial charge in [0.15, 0.2) is 6.61 Å². The van der Waals surface area contributed by atoms with Crippen molar-refractivity contribution in [2.24, 2.45) is 0 Å². The first-order valence-electron chi connectivity index (χ1n) is 6.41. The fraction of sp³-hybridized carbons (Fsp3) is 0.188. The van der Waals surface area contributed by atoms with Crippen molar-refractivity contribution in [1.29, 1.82) is 5.26 Å². The second kappa shape index (κ2) is 7.35. The molecule has 0 heterocycles. The average Bonchev–Trinajstić information content (AvgIpc) is 2.48. The van der Waals surface area contributed by atoms with Crippen LogP contribution in [-0.4, -0.2) is 6.61 Å². The standard InChI is InChI=1S/C16H14BrClN2O/c1-11(20-16-7-4-13(17)10-15(16)18)12-2-5-14(6-3-12)21-9-8-19/h2-7,10-11,20H,9H2,1H3. The molecule has 0 radical (unpaired) electrons. The minimum absolute atomic E-state index is 0.0572. The van der Waals surface area contributed by atoms with Crippen LogP contribution < -0.4 is 10.1 Å². The summed E-state index contributed by atoms with van der Waals surface area (Å²) in [5.74, 6) is 0.689. The number of hydrogen-bond donors (Lipinski definition) is 1. The maximum Gasteiger partial charge on any atom is 0.174 e. The summed E-state index contributed by atoms with van der Waals surface area (Å²) in [6.45, 7) is 2.12. The van der Waals surface area contributed by atoms with Crippen molar-refractivity contribution in [1.82, 2.24) is 0 Å². The van der Waals surface area contributed by atoms with E-state index in [0.29, 0.717) is 10.8 Å². The van der Waals surface area contributed by atoms with Crippen LogP contribution >= 0.6 is 27.5 Å². The third-order valence-electron chi connectivity index (χ3n) is 2.99. The van der Waals surface area contributed by atoms with E-state index in [2.05, 4.69) is 28.2 Å². The number of hydrogen-bond acceptors (Lipinski definition) is 3. The Morgan fingerprint density at radius 1 is 1.29 bits per heavy atom. The molecule has 0 aliphatic heterocycles. The monoisotopic (exact) mass is 364 g/mol. The first-order valence-corrected chi connectivity index (χ1v) is 7.58.